The zero-order valence-electron chi connectivity index (χ0n) is 31.4. The number of nitrogens with one attached hydrogen (secondary N) is 1. The van der Waals surface area contributed by atoms with Gasteiger partial charge in [0.05, 0.1) is 18.7 Å². The summed E-state index contributed by atoms with van der Waals surface area (Å²) in [6, 6.07) is 12.5. The van der Waals surface area contributed by atoms with E-state index in [9.17, 15) is 24.0 Å². The van der Waals surface area contributed by atoms with Crippen molar-refractivity contribution in [3.05, 3.63) is 76.0 Å². The van der Waals surface area contributed by atoms with E-state index >= 15 is 0 Å². The summed E-state index contributed by atoms with van der Waals surface area (Å²) in [7, 11) is 4.89. The molecule has 3 rings (SSSR count). The smallest absolute Gasteiger partial charge is 0.308 e. The first kappa shape index (κ1) is 41.1. The fourth-order valence-corrected chi connectivity index (χ4v) is 7.25. The molecule has 2 aromatic heterocycles. The fourth-order valence-electron chi connectivity index (χ4n) is 6.41. The molecule has 2 heterocycles. The summed E-state index contributed by atoms with van der Waals surface area (Å²) in [4.78, 5) is 71.8. The molecular formula is C39H54N4O7S. The van der Waals surface area contributed by atoms with Crippen LogP contribution in [0.5, 0.6) is 0 Å². The highest BCUT2D eigenvalue weighted by molar-refractivity contribution is 7.09. The number of aryl methyl sites for hydroxylation is 1. The Morgan fingerprint density at radius 3 is 2.25 bits per heavy atom. The number of ether oxygens (including phenoxy) is 2. The molecule has 6 atom stereocenters. The third kappa shape index (κ3) is 11.6. The molecule has 0 fully saturated rings. The van der Waals surface area contributed by atoms with Crippen LogP contribution in [0, 0.1) is 23.7 Å². The molecule has 0 aliphatic heterocycles. The Morgan fingerprint density at radius 2 is 1.69 bits per heavy atom. The summed E-state index contributed by atoms with van der Waals surface area (Å²) in [5, 5.41) is 5.10. The molecule has 1 N–H and O–H groups in total. The SMILES string of the molecule is CC[C@H](C)[C@H](CC(=O)c1cccn1C)C(=O)N(C)[C@H](C[C@@H](OC(C)=O)c1nc(C(=O)N[C@@H](Cc2ccccc2)C[C@H](C)C(=O)OC)cs1)C(C)C. The fraction of sp³-hybridized carbons (Fsp3) is 0.538. The number of carbonyl (C=O) groups is 5. The molecule has 1 aromatic carbocycles. The van der Waals surface area contributed by atoms with Gasteiger partial charge in [0.25, 0.3) is 5.91 Å². The summed E-state index contributed by atoms with van der Waals surface area (Å²) >= 11 is 1.20. The molecule has 0 aliphatic rings. The number of thiazole rings is 1. The molecular weight excluding hydrogens is 669 g/mol. The molecule has 0 unspecified atom stereocenters. The zero-order chi connectivity index (χ0) is 37.8. The van der Waals surface area contributed by atoms with Gasteiger partial charge in [-0.25, -0.2) is 4.98 Å². The third-order valence-electron chi connectivity index (χ3n) is 9.59. The van der Waals surface area contributed by atoms with E-state index in [-0.39, 0.29) is 60.1 Å². The van der Waals surface area contributed by atoms with Gasteiger partial charge in [0.15, 0.2) is 11.9 Å². The van der Waals surface area contributed by atoms with Crippen LogP contribution in [0.15, 0.2) is 54.0 Å². The van der Waals surface area contributed by atoms with Crippen molar-refractivity contribution >= 4 is 40.9 Å². The number of rotatable bonds is 19. The third-order valence-corrected chi connectivity index (χ3v) is 10.5. The second-order valence-electron chi connectivity index (χ2n) is 13.8. The quantitative estimate of drug-likeness (QED) is 0.110. The van der Waals surface area contributed by atoms with Gasteiger partial charge < -0.3 is 24.3 Å². The standard InChI is InChI=1S/C39H54N4O7S/c1-10-25(4)30(21-34(45)32-17-14-18-42(32)7)38(47)43(8)33(24(2)3)22-35(50-27(6)44)37-41-31(23-51-37)36(46)40-29(19-26(5)39(48)49-9)20-28-15-12-11-13-16-28/h11-18,23-26,29-30,33,35H,10,19-22H2,1-9H3,(H,40,46)/t25-,26-,29+,30-,33+,35+/m0/s1. The van der Waals surface area contributed by atoms with Crippen molar-refractivity contribution in [3.8, 4) is 0 Å². The summed E-state index contributed by atoms with van der Waals surface area (Å²) in [5.74, 6) is -2.55. The van der Waals surface area contributed by atoms with Gasteiger partial charge in [-0.2, -0.15) is 0 Å². The minimum Gasteiger partial charge on any atom is -0.469 e. The Kier molecular flexibility index (Phi) is 15.6. The van der Waals surface area contributed by atoms with Crippen LogP contribution in [0.25, 0.3) is 0 Å². The maximum atomic E-state index is 14.1. The van der Waals surface area contributed by atoms with E-state index < -0.39 is 29.8 Å². The Bertz CT molecular complexity index is 1620. The van der Waals surface area contributed by atoms with Crippen LogP contribution in [0.3, 0.4) is 0 Å². The minimum absolute atomic E-state index is 0.0311. The van der Waals surface area contributed by atoms with Crippen LogP contribution < -0.4 is 5.32 Å². The summed E-state index contributed by atoms with van der Waals surface area (Å²) in [6.07, 6.45) is 2.93. The number of nitrogens with zero attached hydrogens (tertiary/aromatic N) is 3. The number of hydrogen-bond acceptors (Lipinski definition) is 9. The molecule has 3 aromatic rings. The molecule has 2 amide bonds. The van der Waals surface area contributed by atoms with Crippen LogP contribution in [-0.4, -0.2) is 70.2 Å². The van der Waals surface area contributed by atoms with E-state index in [0.29, 0.717) is 23.5 Å². The lowest BCUT2D eigenvalue weighted by Gasteiger charge is -2.36. The lowest BCUT2D eigenvalue weighted by atomic mass is 9.84. The lowest BCUT2D eigenvalue weighted by Crippen LogP contribution is -2.46. The van der Waals surface area contributed by atoms with E-state index in [4.69, 9.17) is 9.47 Å². The summed E-state index contributed by atoms with van der Waals surface area (Å²) < 4.78 is 12.5. The Labute approximate surface area is 306 Å². The molecule has 51 heavy (non-hydrogen) atoms. The molecule has 0 bridgehead atoms. The van der Waals surface area contributed by atoms with Gasteiger partial charge in [0.1, 0.15) is 10.7 Å². The van der Waals surface area contributed by atoms with Gasteiger partial charge >= 0.3 is 11.9 Å². The second-order valence-corrected chi connectivity index (χ2v) is 14.7. The number of methoxy groups -OCH3 is 1. The van der Waals surface area contributed by atoms with Gasteiger partial charge in [0.2, 0.25) is 5.91 Å². The summed E-state index contributed by atoms with van der Waals surface area (Å²) in [6.45, 7) is 11.1. The van der Waals surface area contributed by atoms with Gasteiger partial charge in [0, 0.05) is 63.4 Å². The van der Waals surface area contributed by atoms with Crippen molar-refractivity contribution in [1.29, 1.82) is 0 Å². The molecule has 0 saturated heterocycles. The Balaban J connectivity index is 1.83. The zero-order valence-corrected chi connectivity index (χ0v) is 32.2. The monoisotopic (exact) mass is 722 g/mol. The molecule has 278 valence electrons. The average Bonchev–Trinajstić information content (AvgIpc) is 3.77. The first-order chi connectivity index (χ1) is 24.2. The molecule has 0 radical (unpaired) electrons. The van der Waals surface area contributed by atoms with E-state index in [1.165, 1.54) is 25.4 Å². The summed E-state index contributed by atoms with van der Waals surface area (Å²) in [5.41, 5.74) is 1.73. The maximum absolute atomic E-state index is 14.1. The van der Waals surface area contributed by atoms with E-state index in [1.807, 2.05) is 77.3 Å². The highest BCUT2D eigenvalue weighted by atomic mass is 32.1. The Morgan fingerprint density at radius 1 is 1.00 bits per heavy atom. The number of ketones is 1. The normalized spacial score (nSPS) is 14.9. The number of esters is 2. The Hall–Kier alpha value is -4.32. The lowest BCUT2D eigenvalue weighted by molar-refractivity contribution is -0.149. The van der Waals surface area contributed by atoms with Crippen LogP contribution in [0.2, 0.25) is 0 Å². The van der Waals surface area contributed by atoms with E-state index in [2.05, 4.69) is 10.3 Å². The number of hydrogen-bond donors (Lipinski definition) is 1. The van der Waals surface area contributed by atoms with Gasteiger partial charge in [-0.3, -0.25) is 24.0 Å². The highest BCUT2D eigenvalue weighted by Crippen LogP contribution is 2.32. The molecule has 0 spiro atoms. The average molecular weight is 723 g/mol. The van der Waals surface area contributed by atoms with Gasteiger partial charge in [-0.15, -0.1) is 11.3 Å². The van der Waals surface area contributed by atoms with Crippen LogP contribution in [0.1, 0.15) is 105 Å². The van der Waals surface area contributed by atoms with E-state index in [1.54, 1.807) is 34.9 Å². The number of Topliss-reactive ketones (excluding diaryl/α,β-unsaturated/α-hetero) is 1. The van der Waals surface area contributed by atoms with Crippen LogP contribution in [-0.2, 0) is 37.3 Å². The topological polar surface area (TPSA) is 137 Å². The van der Waals surface area contributed by atoms with Crippen molar-refractivity contribution in [2.45, 2.75) is 91.8 Å². The number of carbonyl (C=O) groups excluding carboxylic acids is 5. The van der Waals surface area contributed by atoms with Crippen molar-refractivity contribution in [3.63, 3.8) is 0 Å². The van der Waals surface area contributed by atoms with Crippen LogP contribution >= 0.6 is 11.3 Å². The number of benzene rings is 1. The molecule has 12 heteroatoms. The number of amides is 2. The van der Waals surface area contributed by atoms with Crippen molar-refractivity contribution in [1.82, 2.24) is 19.8 Å². The van der Waals surface area contributed by atoms with E-state index in [0.717, 1.165) is 12.0 Å². The first-order valence-electron chi connectivity index (χ1n) is 17.6. The van der Waals surface area contributed by atoms with Crippen molar-refractivity contribution in [2.75, 3.05) is 14.2 Å². The maximum Gasteiger partial charge on any atom is 0.308 e. The first-order valence-corrected chi connectivity index (χ1v) is 18.5. The van der Waals surface area contributed by atoms with Gasteiger partial charge in [-0.05, 0) is 42.4 Å². The predicted molar refractivity (Wildman–Crippen MR) is 197 cm³/mol. The molecule has 0 aliphatic carbocycles. The van der Waals surface area contributed by atoms with Gasteiger partial charge in [-0.1, -0.05) is 71.4 Å². The number of aromatic nitrogens is 2. The van der Waals surface area contributed by atoms with Crippen molar-refractivity contribution in [2.24, 2.45) is 30.7 Å². The largest absolute Gasteiger partial charge is 0.469 e. The van der Waals surface area contributed by atoms with Crippen molar-refractivity contribution < 1.29 is 33.4 Å². The predicted octanol–water partition coefficient (Wildman–Crippen LogP) is 6.43. The molecule has 0 saturated carbocycles. The minimum atomic E-state index is -0.816. The molecule has 11 nitrogen and oxygen atoms in total. The highest BCUT2D eigenvalue weighted by Gasteiger charge is 2.36. The van der Waals surface area contributed by atoms with Crippen LogP contribution in [0.4, 0.5) is 0 Å². The second kappa shape index (κ2) is 19.3.